The number of carbonyl (C=O) groups excluding carboxylic acids is 2. The Morgan fingerprint density at radius 2 is 2.19 bits per heavy atom. The van der Waals surface area contributed by atoms with E-state index in [1.165, 1.54) is 42.2 Å². The van der Waals surface area contributed by atoms with Crippen molar-refractivity contribution in [3.05, 3.63) is 42.4 Å². The fraction of sp³-hybridized carbons (Fsp3) is 0.250. The number of nitrogens with zero attached hydrogens (tertiary/aromatic N) is 1. The van der Waals surface area contributed by atoms with Crippen molar-refractivity contribution in [2.24, 2.45) is 0 Å². The zero-order chi connectivity index (χ0) is 18.7. The van der Waals surface area contributed by atoms with Gasteiger partial charge >= 0.3 is 5.97 Å². The molecule has 2 aromatic rings. The van der Waals surface area contributed by atoms with Gasteiger partial charge in [0.15, 0.2) is 0 Å². The first kappa shape index (κ1) is 18.5. The summed E-state index contributed by atoms with van der Waals surface area (Å²) in [6.07, 6.45) is 1.45. The van der Waals surface area contributed by atoms with Gasteiger partial charge in [-0.05, 0) is 30.3 Å². The molecule has 1 amide bonds. The van der Waals surface area contributed by atoms with Crippen molar-refractivity contribution in [3.63, 3.8) is 0 Å². The number of hydrogen-bond acceptors (Lipinski definition) is 7. The third kappa shape index (κ3) is 3.92. The zero-order valence-corrected chi connectivity index (χ0v) is 15.4. The Balaban J connectivity index is 1.88. The molecule has 26 heavy (non-hydrogen) atoms. The third-order valence-electron chi connectivity index (χ3n) is 3.72. The summed E-state index contributed by atoms with van der Waals surface area (Å²) in [5.41, 5.74) is 0.373. The average molecular weight is 396 g/mol. The van der Waals surface area contributed by atoms with Crippen LogP contribution in [-0.4, -0.2) is 39.7 Å². The van der Waals surface area contributed by atoms with Crippen LogP contribution >= 0.6 is 11.8 Å². The number of anilines is 1. The van der Waals surface area contributed by atoms with Gasteiger partial charge in [-0.1, -0.05) is 0 Å². The van der Waals surface area contributed by atoms with E-state index in [4.69, 9.17) is 4.42 Å². The topological polar surface area (TPSA) is 106 Å². The van der Waals surface area contributed by atoms with Gasteiger partial charge < -0.3 is 9.15 Å². The van der Waals surface area contributed by atoms with Crippen molar-refractivity contribution < 1.29 is 27.2 Å². The quantitative estimate of drug-likeness (QED) is 0.735. The van der Waals surface area contributed by atoms with E-state index in [0.717, 1.165) is 4.90 Å². The number of fused-ring (bicyclic) bond motifs is 1. The number of methoxy groups -OCH3 is 1. The molecule has 0 radical (unpaired) electrons. The van der Waals surface area contributed by atoms with Crippen molar-refractivity contribution in [3.8, 4) is 0 Å². The molecule has 1 aliphatic rings. The smallest absolute Gasteiger partial charge is 0.325 e. The van der Waals surface area contributed by atoms with Gasteiger partial charge in [0.2, 0.25) is 15.9 Å². The molecule has 138 valence electrons. The van der Waals surface area contributed by atoms with Gasteiger partial charge in [0.25, 0.3) is 0 Å². The molecule has 1 aromatic carbocycles. The number of carbonyl (C=O) groups is 2. The molecule has 0 unspecified atom stereocenters. The van der Waals surface area contributed by atoms with Crippen LogP contribution in [0.5, 0.6) is 0 Å². The van der Waals surface area contributed by atoms with E-state index in [2.05, 4.69) is 9.46 Å². The Morgan fingerprint density at radius 1 is 1.38 bits per heavy atom. The molecular formula is C16H16N2O6S2. The minimum absolute atomic E-state index is 0.00593. The number of furan rings is 1. The van der Waals surface area contributed by atoms with Crippen molar-refractivity contribution in [2.45, 2.75) is 16.3 Å². The molecule has 1 N–H and O–H groups in total. The minimum Gasteiger partial charge on any atom is -0.468 e. The van der Waals surface area contributed by atoms with Crippen molar-refractivity contribution in [1.29, 1.82) is 0 Å². The second-order valence-electron chi connectivity index (χ2n) is 5.38. The molecule has 10 heteroatoms. The Bertz CT molecular complexity index is 924. The molecule has 3 rings (SSSR count). The number of rotatable bonds is 6. The number of thioether (sulfide) groups is 1. The lowest BCUT2D eigenvalue weighted by Crippen LogP contribution is -2.39. The van der Waals surface area contributed by atoms with Crippen LogP contribution in [0.2, 0.25) is 0 Å². The first-order valence-corrected chi connectivity index (χ1v) is 10.0. The molecule has 0 aliphatic carbocycles. The van der Waals surface area contributed by atoms with E-state index in [9.17, 15) is 18.0 Å². The molecule has 0 fully saturated rings. The Morgan fingerprint density at radius 3 is 2.88 bits per heavy atom. The molecule has 0 bridgehead atoms. The van der Waals surface area contributed by atoms with Crippen molar-refractivity contribution >= 4 is 39.3 Å². The SMILES string of the molecule is COC(=O)CN1C(=O)CSc2ccc(S(=O)(=O)NCc3ccco3)cc21. The van der Waals surface area contributed by atoms with Crippen LogP contribution in [0.1, 0.15) is 5.76 Å². The maximum atomic E-state index is 12.5. The summed E-state index contributed by atoms with van der Waals surface area (Å²) in [6.45, 7) is -0.266. The highest BCUT2D eigenvalue weighted by molar-refractivity contribution is 8.00. The van der Waals surface area contributed by atoms with E-state index in [-0.39, 0.29) is 29.6 Å². The highest BCUT2D eigenvalue weighted by Gasteiger charge is 2.28. The lowest BCUT2D eigenvalue weighted by Gasteiger charge is -2.28. The molecule has 0 spiro atoms. The molecule has 1 aromatic heterocycles. The standard InChI is InChI=1S/C16H16N2O6S2/c1-23-16(20)9-18-13-7-12(4-5-14(13)25-10-15(18)19)26(21,22)17-8-11-3-2-6-24-11/h2-7,17H,8-10H2,1H3. The van der Waals surface area contributed by atoms with Gasteiger partial charge in [0.05, 0.1) is 36.3 Å². The summed E-state index contributed by atoms with van der Waals surface area (Å²) in [6, 6.07) is 7.78. The van der Waals surface area contributed by atoms with E-state index in [0.29, 0.717) is 11.4 Å². The van der Waals surface area contributed by atoms with Crippen LogP contribution in [0.4, 0.5) is 5.69 Å². The van der Waals surface area contributed by atoms with Crippen molar-refractivity contribution in [1.82, 2.24) is 4.72 Å². The number of hydrogen-bond donors (Lipinski definition) is 1. The maximum Gasteiger partial charge on any atom is 0.325 e. The van der Waals surface area contributed by atoms with Crippen LogP contribution in [0.3, 0.4) is 0 Å². The Kier molecular flexibility index (Phi) is 5.35. The summed E-state index contributed by atoms with van der Waals surface area (Å²) in [5.74, 6) is -0.219. The van der Waals surface area contributed by atoms with Crippen LogP contribution in [-0.2, 0) is 30.9 Å². The fourth-order valence-electron chi connectivity index (χ4n) is 2.38. The Labute approximate surface area is 154 Å². The van der Waals surface area contributed by atoms with Crippen LogP contribution in [0.15, 0.2) is 50.8 Å². The lowest BCUT2D eigenvalue weighted by atomic mass is 10.2. The Hall–Kier alpha value is -2.30. The normalized spacial score (nSPS) is 14.2. The van der Waals surface area contributed by atoms with Crippen LogP contribution in [0, 0.1) is 0 Å². The van der Waals surface area contributed by atoms with Crippen LogP contribution in [0.25, 0.3) is 0 Å². The van der Waals surface area contributed by atoms with Gasteiger partial charge in [-0.2, -0.15) is 0 Å². The minimum atomic E-state index is -3.82. The zero-order valence-electron chi connectivity index (χ0n) is 13.8. The summed E-state index contributed by atoms with van der Waals surface area (Å²) in [5, 5.41) is 0. The first-order chi connectivity index (χ1) is 12.4. The second kappa shape index (κ2) is 7.52. The highest BCUT2D eigenvalue weighted by Crippen LogP contribution is 2.36. The highest BCUT2D eigenvalue weighted by atomic mass is 32.2. The monoisotopic (exact) mass is 396 g/mol. The first-order valence-electron chi connectivity index (χ1n) is 7.57. The third-order valence-corrected chi connectivity index (χ3v) is 6.16. The number of sulfonamides is 1. The summed E-state index contributed by atoms with van der Waals surface area (Å²) in [4.78, 5) is 25.7. The predicted octanol–water partition coefficient (Wildman–Crippen LogP) is 1.37. The average Bonchev–Trinajstić information content (AvgIpc) is 3.15. The van der Waals surface area contributed by atoms with Gasteiger partial charge in [0, 0.05) is 4.90 Å². The van der Waals surface area contributed by atoms with Gasteiger partial charge in [-0.25, -0.2) is 13.1 Å². The van der Waals surface area contributed by atoms with Crippen LogP contribution < -0.4 is 9.62 Å². The molecule has 0 saturated heterocycles. The van der Waals surface area contributed by atoms with Gasteiger partial charge in [-0.3, -0.25) is 14.5 Å². The van der Waals surface area contributed by atoms with E-state index < -0.39 is 16.0 Å². The van der Waals surface area contributed by atoms with E-state index >= 15 is 0 Å². The lowest BCUT2D eigenvalue weighted by molar-refractivity contribution is -0.139. The number of benzene rings is 1. The van der Waals surface area contributed by atoms with E-state index in [1.807, 2.05) is 0 Å². The predicted molar refractivity (Wildman–Crippen MR) is 94.3 cm³/mol. The number of ether oxygens (including phenoxy) is 1. The molecule has 1 aliphatic heterocycles. The summed E-state index contributed by atoms with van der Waals surface area (Å²) < 4.78 is 37.2. The van der Waals surface area contributed by atoms with E-state index in [1.54, 1.807) is 18.2 Å². The van der Waals surface area contributed by atoms with Gasteiger partial charge in [-0.15, -0.1) is 11.8 Å². The van der Waals surface area contributed by atoms with Crippen molar-refractivity contribution in [2.75, 3.05) is 24.3 Å². The number of amides is 1. The largest absolute Gasteiger partial charge is 0.468 e. The molecule has 8 nitrogen and oxygen atoms in total. The molecule has 2 heterocycles. The number of nitrogens with one attached hydrogen (secondary N) is 1. The fourth-order valence-corrected chi connectivity index (χ4v) is 4.31. The maximum absolute atomic E-state index is 12.5. The molecular weight excluding hydrogens is 380 g/mol. The van der Waals surface area contributed by atoms with Gasteiger partial charge in [0.1, 0.15) is 12.3 Å². The summed E-state index contributed by atoms with van der Waals surface area (Å²) >= 11 is 1.29. The summed E-state index contributed by atoms with van der Waals surface area (Å²) in [7, 11) is -2.59. The number of esters is 1. The molecule has 0 atom stereocenters. The second-order valence-corrected chi connectivity index (χ2v) is 8.16. The molecule has 0 saturated carbocycles.